The third kappa shape index (κ3) is 6.23. The fraction of sp³-hybridized carbons (Fsp3) is 0.158. The molecule has 0 bridgehead atoms. The summed E-state index contributed by atoms with van der Waals surface area (Å²) >= 11 is 7.00. The molecule has 150 valence electrons. The van der Waals surface area contributed by atoms with E-state index in [0.717, 1.165) is 0 Å². The highest BCUT2D eigenvalue weighted by molar-refractivity contribution is 7.99. The molecule has 10 heteroatoms. The average Bonchev–Trinajstić information content (AvgIpc) is 3.20. The summed E-state index contributed by atoms with van der Waals surface area (Å²) < 4.78 is 5.07. The van der Waals surface area contributed by atoms with Crippen LogP contribution in [0.1, 0.15) is 16.2 Å². The van der Waals surface area contributed by atoms with Gasteiger partial charge in [0.15, 0.2) is 0 Å². The minimum atomic E-state index is -0.236. The van der Waals surface area contributed by atoms with E-state index in [1.165, 1.54) is 11.8 Å². The Kier molecular flexibility index (Phi) is 7.09. The van der Waals surface area contributed by atoms with Crippen LogP contribution in [0.2, 0.25) is 5.02 Å². The number of nitrogens with one attached hydrogen (secondary N) is 3. The number of rotatable bonds is 8. The van der Waals surface area contributed by atoms with E-state index in [9.17, 15) is 9.59 Å². The Morgan fingerprint density at radius 2 is 1.86 bits per heavy atom. The van der Waals surface area contributed by atoms with Gasteiger partial charge in [0.2, 0.25) is 11.1 Å². The number of halogens is 1. The van der Waals surface area contributed by atoms with E-state index in [1.54, 1.807) is 55.6 Å². The van der Waals surface area contributed by atoms with E-state index in [4.69, 9.17) is 16.3 Å². The second-order valence-corrected chi connectivity index (χ2v) is 7.20. The molecule has 0 radical (unpaired) electrons. The number of carbonyl (C=O) groups excluding carboxylic acids is 2. The predicted octanol–water partition coefficient (Wildman–Crippen LogP) is 3.13. The topological polar surface area (TPSA) is 109 Å². The molecule has 2 aromatic carbocycles. The Morgan fingerprint density at radius 1 is 1.14 bits per heavy atom. The lowest BCUT2D eigenvalue weighted by molar-refractivity contribution is -0.113. The van der Waals surface area contributed by atoms with E-state index < -0.39 is 0 Å². The van der Waals surface area contributed by atoms with Gasteiger partial charge < -0.3 is 15.4 Å². The monoisotopic (exact) mass is 431 g/mol. The lowest BCUT2D eigenvalue weighted by Crippen LogP contribution is -2.23. The van der Waals surface area contributed by atoms with Crippen LogP contribution in [0.15, 0.2) is 53.7 Å². The Labute approximate surface area is 176 Å². The number of aromatic nitrogens is 3. The number of hydrogen-bond acceptors (Lipinski definition) is 6. The average molecular weight is 432 g/mol. The number of benzene rings is 2. The van der Waals surface area contributed by atoms with Gasteiger partial charge in [-0.2, -0.15) is 0 Å². The molecule has 1 aromatic heterocycles. The first-order chi connectivity index (χ1) is 14.0. The molecule has 0 saturated carbocycles. The minimum Gasteiger partial charge on any atom is -0.497 e. The smallest absolute Gasteiger partial charge is 0.251 e. The molecule has 0 unspecified atom stereocenters. The summed E-state index contributed by atoms with van der Waals surface area (Å²) in [5.41, 5.74) is 1.18. The van der Waals surface area contributed by atoms with Crippen molar-refractivity contribution >= 4 is 40.9 Å². The van der Waals surface area contributed by atoms with Crippen molar-refractivity contribution in [2.45, 2.75) is 11.7 Å². The number of anilines is 1. The molecule has 2 amide bonds. The van der Waals surface area contributed by atoms with Gasteiger partial charge in [0.05, 0.1) is 19.4 Å². The maximum atomic E-state index is 12.2. The van der Waals surface area contributed by atoms with Gasteiger partial charge in [-0.15, -0.1) is 5.10 Å². The predicted molar refractivity (Wildman–Crippen MR) is 111 cm³/mol. The molecular formula is C19H18ClN5O3S. The second-order valence-electron chi connectivity index (χ2n) is 5.82. The van der Waals surface area contributed by atoms with Crippen molar-refractivity contribution in [2.75, 3.05) is 18.2 Å². The van der Waals surface area contributed by atoms with Crippen LogP contribution in [-0.2, 0) is 11.3 Å². The summed E-state index contributed by atoms with van der Waals surface area (Å²) in [6, 6.07) is 13.6. The van der Waals surface area contributed by atoms with Crippen molar-refractivity contribution in [3.8, 4) is 5.75 Å². The van der Waals surface area contributed by atoms with Gasteiger partial charge in [0, 0.05) is 16.3 Å². The zero-order valence-electron chi connectivity index (χ0n) is 15.4. The number of H-pyrrole nitrogens is 1. The fourth-order valence-corrected chi connectivity index (χ4v) is 3.03. The largest absolute Gasteiger partial charge is 0.497 e. The van der Waals surface area contributed by atoms with Gasteiger partial charge in [-0.1, -0.05) is 23.4 Å². The normalized spacial score (nSPS) is 10.4. The number of carbonyl (C=O) groups is 2. The number of ether oxygens (including phenoxy) is 1. The molecule has 3 rings (SSSR count). The van der Waals surface area contributed by atoms with Crippen LogP contribution in [-0.4, -0.2) is 39.9 Å². The van der Waals surface area contributed by atoms with Crippen molar-refractivity contribution in [2.24, 2.45) is 0 Å². The summed E-state index contributed by atoms with van der Waals surface area (Å²) in [6.45, 7) is 0.190. The maximum Gasteiger partial charge on any atom is 0.251 e. The highest BCUT2D eigenvalue weighted by Crippen LogP contribution is 2.16. The summed E-state index contributed by atoms with van der Waals surface area (Å²) in [7, 11) is 1.57. The standard InChI is InChI=1S/C19H18ClN5O3S/c1-28-15-8-2-12(3-9-15)18(27)21-10-16-23-19(25-24-16)29-11-17(26)22-14-6-4-13(20)5-7-14/h2-9H,10-11H2,1H3,(H,21,27)(H,22,26)(H,23,24,25). The molecule has 8 nitrogen and oxygen atoms in total. The first-order valence-electron chi connectivity index (χ1n) is 8.55. The molecule has 29 heavy (non-hydrogen) atoms. The van der Waals surface area contributed by atoms with Crippen molar-refractivity contribution in [3.63, 3.8) is 0 Å². The number of amides is 2. The molecule has 0 atom stereocenters. The van der Waals surface area contributed by atoms with E-state index in [0.29, 0.717) is 33.0 Å². The third-order valence-corrected chi connectivity index (χ3v) is 4.84. The fourth-order valence-electron chi connectivity index (χ4n) is 2.29. The van der Waals surface area contributed by atoms with Gasteiger partial charge in [-0.05, 0) is 48.5 Å². The van der Waals surface area contributed by atoms with Gasteiger partial charge >= 0.3 is 0 Å². The zero-order valence-corrected chi connectivity index (χ0v) is 17.0. The summed E-state index contributed by atoms with van der Waals surface area (Å²) in [5.74, 6) is 0.904. The molecule has 0 aliphatic carbocycles. The van der Waals surface area contributed by atoms with Gasteiger partial charge in [-0.25, -0.2) is 4.98 Å². The Bertz CT molecular complexity index is 976. The van der Waals surface area contributed by atoms with Crippen LogP contribution in [0, 0.1) is 0 Å². The SMILES string of the molecule is COc1ccc(C(=O)NCc2nc(SCC(=O)Nc3ccc(Cl)cc3)n[nH]2)cc1. The Balaban J connectivity index is 1.44. The summed E-state index contributed by atoms with van der Waals surface area (Å²) in [4.78, 5) is 28.4. The van der Waals surface area contributed by atoms with E-state index in [-0.39, 0.29) is 24.1 Å². The highest BCUT2D eigenvalue weighted by Gasteiger charge is 2.10. The van der Waals surface area contributed by atoms with Crippen LogP contribution < -0.4 is 15.4 Å². The molecule has 0 fully saturated rings. The van der Waals surface area contributed by atoms with Crippen molar-refractivity contribution in [3.05, 3.63) is 64.9 Å². The van der Waals surface area contributed by atoms with Crippen molar-refractivity contribution in [1.29, 1.82) is 0 Å². The second kappa shape index (κ2) is 9.94. The van der Waals surface area contributed by atoms with Gasteiger partial charge in [-0.3, -0.25) is 14.7 Å². The number of methoxy groups -OCH3 is 1. The van der Waals surface area contributed by atoms with Gasteiger partial charge in [0.25, 0.3) is 5.91 Å². The van der Waals surface area contributed by atoms with E-state index >= 15 is 0 Å². The van der Waals surface area contributed by atoms with Crippen LogP contribution in [0.3, 0.4) is 0 Å². The number of aromatic amines is 1. The number of hydrogen-bond donors (Lipinski definition) is 3. The molecule has 0 aliphatic rings. The van der Waals surface area contributed by atoms with Crippen LogP contribution in [0.4, 0.5) is 5.69 Å². The minimum absolute atomic E-state index is 0.151. The number of thioether (sulfide) groups is 1. The molecule has 1 heterocycles. The van der Waals surface area contributed by atoms with Crippen molar-refractivity contribution < 1.29 is 14.3 Å². The quantitative estimate of drug-likeness (QED) is 0.473. The molecule has 0 aliphatic heterocycles. The van der Waals surface area contributed by atoms with Crippen LogP contribution >= 0.6 is 23.4 Å². The molecule has 0 saturated heterocycles. The zero-order chi connectivity index (χ0) is 20.6. The Morgan fingerprint density at radius 3 is 2.55 bits per heavy atom. The first kappa shape index (κ1) is 20.7. The molecule has 0 spiro atoms. The molecular weight excluding hydrogens is 414 g/mol. The van der Waals surface area contributed by atoms with Crippen LogP contribution in [0.5, 0.6) is 5.75 Å². The van der Waals surface area contributed by atoms with Crippen molar-refractivity contribution in [1.82, 2.24) is 20.5 Å². The Hall–Kier alpha value is -3.04. The third-order valence-electron chi connectivity index (χ3n) is 3.74. The molecule has 3 N–H and O–H groups in total. The lowest BCUT2D eigenvalue weighted by atomic mass is 10.2. The first-order valence-corrected chi connectivity index (χ1v) is 9.91. The van der Waals surface area contributed by atoms with Crippen LogP contribution in [0.25, 0.3) is 0 Å². The maximum absolute atomic E-state index is 12.2. The number of nitrogens with zero attached hydrogens (tertiary/aromatic N) is 2. The van der Waals surface area contributed by atoms with E-state index in [2.05, 4.69) is 25.8 Å². The highest BCUT2D eigenvalue weighted by atomic mass is 35.5. The van der Waals surface area contributed by atoms with Gasteiger partial charge in [0.1, 0.15) is 11.6 Å². The summed E-state index contributed by atoms with van der Waals surface area (Å²) in [6.07, 6.45) is 0. The van der Waals surface area contributed by atoms with E-state index in [1.807, 2.05) is 0 Å². The molecule has 3 aromatic rings. The lowest BCUT2D eigenvalue weighted by Gasteiger charge is -2.04. The summed E-state index contributed by atoms with van der Waals surface area (Å²) in [5, 5.41) is 13.3.